The number of rotatable bonds is 0. The fraction of sp³-hybridized carbons (Fsp3) is 0.429. The summed E-state index contributed by atoms with van der Waals surface area (Å²) in [6.45, 7) is 0. The van der Waals surface area contributed by atoms with Gasteiger partial charge in [-0.25, -0.2) is 0 Å². The minimum atomic E-state index is 0.0648. The van der Waals surface area contributed by atoms with Gasteiger partial charge in [-0.2, -0.15) is 0 Å². The third-order valence-corrected chi connectivity index (χ3v) is 2.91. The average Bonchev–Trinajstić information content (AvgIpc) is 2.36. The average molecular weight is 154 g/mol. The van der Waals surface area contributed by atoms with Crippen molar-refractivity contribution in [2.75, 3.05) is 0 Å². The van der Waals surface area contributed by atoms with Gasteiger partial charge in [-0.3, -0.25) is 10.1 Å². The summed E-state index contributed by atoms with van der Waals surface area (Å²) < 4.78 is 0. The number of ketones is 1. The van der Waals surface area contributed by atoms with Crippen molar-refractivity contribution in [2.24, 2.45) is 0 Å². The van der Waals surface area contributed by atoms with Crippen LogP contribution in [0, 0.1) is 5.88 Å². The van der Waals surface area contributed by atoms with Crippen LogP contribution in [0.4, 0.5) is 0 Å². The van der Waals surface area contributed by atoms with Gasteiger partial charge in [0.05, 0.1) is 11.9 Å². The Labute approximate surface area is 64.1 Å². The quantitative estimate of drug-likeness (QED) is 0.557. The zero-order chi connectivity index (χ0) is 6.97. The molecule has 0 aromatic heterocycles. The molecule has 10 heavy (non-hydrogen) atoms. The lowest BCUT2D eigenvalue weighted by Gasteiger charge is -2.17. The van der Waals surface area contributed by atoms with Gasteiger partial charge in [0.25, 0.3) is 0 Å². The lowest BCUT2D eigenvalue weighted by atomic mass is 10.0. The lowest BCUT2D eigenvalue weighted by molar-refractivity contribution is -0.116. The number of fused-ring (bicyclic) bond motifs is 1. The molecule has 0 aromatic carbocycles. The second-order valence-electron chi connectivity index (χ2n) is 2.48. The van der Waals surface area contributed by atoms with Crippen LogP contribution in [0.25, 0.3) is 0 Å². The Morgan fingerprint density at radius 3 is 3.40 bits per heavy atom. The largest absolute Gasteiger partial charge is 0.293 e. The molecule has 0 amide bonds. The summed E-state index contributed by atoms with van der Waals surface area (Å²) in [6.07, 6.45) is 4.65. The number of hydrogen-bond donors (Lipinski definition) is 1. The van der Waals surface area contributed by atoms with Crippen molar-refractivity contribution in [1.82, 2.24) is 5.32 Å². The minimum absolute atomic E-state index is 0.0648. The monoisotopic (exact) mass is 154 g/mol. The van der Waals surface area contributed by atoms with Gasteiger partial charge >= 0.3 is 0 Å². The van der Waals surface area contributed by atoms with Crippen molar-refractivity contribution in [2.45, 2.75) is 17.7 Å². The highest BCUT2D eigenvalue weighted by molar-refractivity contribution is 8.02. The maximum Gasteiger partial charge on any atom is 0.173 e. The molecule has 2 unspecified atom stereocenters. The Hall–Kier alpha value is -0.280. The van der Waals surface area contributed by atoms with Crippen molar-refractivity contribution in [3.63, 3.8) is 0 Å². The molecule has 2 rings (SSSR count). The fourth-order valence-electron chi connectivity index (χ4n) is 1.26. The molecule has 2 nitrogen and oxygen atoms in total. The van der Waals surface area contributed by atoms with Gasteiger partial charge in [0, 0.05) is 5.25 Å². The van der Waals surface area contributed by atoms with Crippen LogP contribution in [-0.2, 0) is 4.79 Å². The summed E-state index contributed by atoms with van der Waals surface area (Å²) >= 11 is 1.72. The Kier molecular flexibility index (Phi) is 1.54. The van der Waals surface area contributed by atoms with Crippen LogP contribution in [0.5, 0.6) is 0 Å². The first-order chi connectivity index (χ1) is 4.88. The van der Waals surface area contributed by atoms with Crippen LogP contribution in [0.1, 0.15) is 6.42 Å². The van der Waals surface area contributed by atoms with Gasteiger partial charge in [-0.05, 0) is 12.5 Å². The number of thioether (sulfide) groups is 1. The van der Waals surface area contributed by atoms with Crippen LogP contribution in [0.3, 0.4) is 0 Å². The van der Waals surface area contributed by atoms with E-state index in [9.17, 15) is 4.79 Å². The Morgan fingerprint density at radius 2 is 2.60 bits per heavy atom. The molecule has 1 radical (unpaired) electrons. The zero-order valence-corrected chi connectivity index (χ0v) is 6.23. The first-order valence-electron chi connectivity index (χ1n) is 3.31. The van der Waals surface area contributed by atoms with Gasteiger partial charge in [-0.1, -0.05) is 6.08 Å². The molecule has 1 fully saturated rings. The van der Waals surface area contributed by atoms with E-state index in [1.807, 2.05) is 12.0 Å². The molecule has 1 N–H and O–H groups in total. The molecule has 1 aliphatic carbocycles. The predicted octanol–water partition coefficient (Wildman–Crippen LogP) is 0.708. The highest BCUT2D eigenvalue weighted by Gasteiger charge is 2.33. The number of carbonyl (C=O) groups is 1. The van der Waals surface area contributed by atoms with Crippen LogP contribution in [0.2, 0.25) is 0 Å². The van der Waals surface area contributed by atoms with Gasteiger partial charge in [0.2, 0.25) is 0 Å². The molecular weight excluding hydrogens is 146 g/mol. The molecule has 53 valence electrons. The summed E-state index contributed by atoms with van der Waals surface area (Å²) in [5.41, 5.74) is 0. The third-order valence-electron chi connectivity index (χ3n) is 1.82. The summed E-state index contributed by atoms with van der Waals surface area (Å²) in [5.74, 6) is 2.14. The highest BCUT2D eigenvalue weighted by Crippen LogP contribution is 2.30. The first kappa shape index (κ1) is 6.43. The maximum absolute atomic E-state index is 11.1. The summed E-state index contributed by atoms with van der Waals surface area (Å²) in [7, 11) is 0. The standard InChI is InChI=1S/C7H8NOS/c9-5-2-1-3-6-7(5)8-4-10-6/h1-2,4,6-8H,3H2. The van der Waals surface area contributed by atoms with Crippen molar-refractivity contribution in [1.29, 1.82) is 0 Å². The summed E-state index contributed by atoms with van der Waals surface area (Å²) in [5, 5.41) is 3.50. The maximum atomic E-state index is 11.1. The molecule has 0 bridgehead atoms. The Morgan fingerprint density at radius 1 is 1.70 bits per heavy atom. The van der Waals surface area contributed by atoms with E-state index in [1.165, 1.54) is 0 Å². The number of nitrogens with one attached hydrogen (secondary N) is 1. The molecule has 2 atom stereocenters. The van der Waals surface area contributed by atoms with Crippen molar-refractivity contribution in [3.8, 4) is 0 Å². The Bertz CT molecular complexity index is 190. The second-order valence-corrected chi connectivity index (χ2v) is 3.59. The van der Waals surface area contributed by atoms with E-state index in [2.05, 4.69) is 5.32 Å². The van der Waals surface area contributed by atoms with Gasteiger partial charge in [0.1, 0.15) is 0 Å². The third kappa shape index (κ3) is 0.896. The van der Waals surface area contributed by atoms with E-state index in [1.54, 1.807) is 17.8 Å². The zero-order valence-electron chi connectivity index (χ0n) is 5.41. The van der Waals surface area contributed by atoms with Gasteiger partial charge in [-0.15, -0.1) is 11.8 Å². The van der Waals surface area contributed by atoms with Crippen LogP contribution in [0.15, 0.2) is 12.2 Å². The predicted molar refractivity (Wildman–Crippen MR) is 41.4 cm³/mol. The minimum Gasteiger partial charge on any atom is -0.293 e. The SMILES string of the molecule is O=C1C=CCC2S[CH]NC12. The van der Waals surface area contributed by atoms with Gasteiger partial charge < -0.3 is 0 Å². The first-order valence-corrected chi connectivity index (χ1v) is 4.26. The molecule has 0 saturated carbocycles. The summed E-state index contributed by atoms with van der Waals surface area (Å²) in [4.78, 5) is 11.1. The van der Waals surface area contributed by atoms with Gasteiger partial charge in [0.15, 0.2) is 5.78 Å². The number of allylic oxidation sites excluding steroid dienone is 1. The van der Waals surface area contributed by atoms with E-state index in [0.29, 0.717) is 5.25 Å². The number of hydrogen-bond acceptors (Lipinski definition) is 3. The summed E-state index contributed by atoms with van der Waals surface area (Å²) in [6, 6.07) is 0.0648. The van der Waals surface area contributed by atoms with Crippen molar-refractivity contribution < 1.29 is 4.79 Å². The smallest absolute Gasteiger partial charge is 0.173 e. The van der Waals surface area contributed by atoms with E-state index in [0.717, 1.165) is 6.42 Å². The fourth-order valence-corrected chi connectivity index (χ4v) is 2.26. The van der Waals surface area contributed by atoms with Crippen molar-refractivity contribution in [3.05, 3.63) is 18.0 Å². The lowest BCUT2D eigenvalue weighted by Crippen LogP contribution is -2.38. The van der Waals surface area contributed by atoms with E-state index < -0.39 is 0 Å². The Balaban J connectivity index is 2.20. The van der Waals surface area contributed by atoms with E-state index in [-0.39, 0.29) is 11.8 Å². The molecular formula is C7H8NOS. The normalized spacial score (nSPS) is 38.2. The van der Waals surface area contributed by atoms with E-state index in [4.69, 9.17) is 0 Å². The molecule has 2 aliphatic rings. The van der Waals surface area contributed by atoms with E-state index >= 15 is 0 Å². The molecule has 3 heteroatoms. The molecule has 0 spiro atoms. The molecule has 0 aromatic rings. The van der Waals surface area contributed by atoms with Crippen LogP contribution >= 0.6 is 11.8 Å². The van der Waals surface area contributed by atoms with Crippen molar-refractivity contribution >= 4 is 17.5 Å². The highest BCUT2D eigenvalue weighted by atomic mass is 32.2. The second kappa shape index (κ2) is 2.40. The molecule has 1 heterocycles. The van der Waals surface area contributed by atoms with Crippen LogP contribution in [-0.4, -0.2) is 17.1 Å². The molecule has 1 saturated heterocycles. The number of carbonyl (C=O) groups excluding carboxylic acids is 1. The topological polar surface area (TPSA) is 29.1 Å². The molecule has 1 aliphatic heterocycles. The van der Waals surface area contributed by atoms with Crippen LogP contribution < -0.4 is 5.32 Å².